The smallest absolute Gasteiger partial charge is 0.142 e. The second-order valence-corrected chi connectivity index (χ2v) is 30.6. The van der Waals surface area contributed by atoms with Crippen LogP contribution in [0.5, 0.6) is 0 Å². The van der Waals surface area contributed by atoms with Crippen molar-refractivity contribution < 1.29 is 22.3 Å². The first-order valence-electron chi connectivity index (χ1n) is 37.4. The first-order chi connectivity index (χ1) is 40.8. The van der Waals surface area contributed by atoms with E-state index in [1.807, 2.05) is 6.08 Å². The van der Waals surface area contributed by atoms with E-state index in [0.717, 1.165) is 117 Å². The molecule has 13 radical (unpaired) electrons. The Hall–Kier alpha value is 2.20. The van der Waals surface area contributed by atoms with Crippen LogP contribution in [0.4, 0.5) is 0 Å². The van der Waals surface area contributed by atoms with E-state index < -0.39 is 25.5 Å². The molecule has 8 heterocycles. The van der Waals surface area contributed by atoms with Crippen molar-refractivity contribution in [3.63, 3.8) is 0 Å². The number of unbranched alkanes of at least 4 members (excludes halogenated alkanes) is 3. The number of alkyl halides is 2. The van der Waals surface area contributed by atoms with E-state index in [1.165, 1.54) is 133 Å². The lowest BCUT2D eigenvalue weighted by Gasteiger charge is -2.51. The summed E-state index contributed by atoms with van der Waals surface area (Å²) < 4.78 is 0. The number of quaternary nitrogens is 1. The van der Waals surface area contributed by atoms with Crippen molar-refractivity contribution in [3.8, 4) is 0 Å². The molecule has 0 spiro atoms. The van der Waals surface area contributed by atoms with Gasteiger partial charge in [-0.15, -0.1) is 6.58 Å². The zero-order chi connectivity index (χ0) is 61.5. The fraction of sp³-hybridized carbons (Fsp3) is 0.968. The van der Waals surface area contributed by atoms with Gasteiger partial charge in [-0.2, -0.15) is 0 Å². The van der Waals surface area contributed by atoms with E-state index in [-0.39, 0.29) is 17.0 Å². The fourth-order valence-electron chi connectivity index (χ4n) is 19.6. The molecule has 85 heavy (non-hydrogen) atoms. The summed E-state index contributed by atoms with van der Waals surface area (Å²) in [5, 5.41) is 5.00. The van der Waals surface area contributed by atoms with Gasteiger partial charge in [0.05, 0.1) is 13.1 Å². The molecule has 22 heteroatoms. The molecule has 459 valence electrons. The molecule has 8 saturated heterocycles. The number of nitrogens with two attached hydrogens (primary N) is 2. The van der Waals surface area contributed by atoms with Gasteiger partial charge in [0.25, 0.3) is 0 Å². The molecule has 4 N–H and O–H groups in total. The maximum Gasteiger partial charge on any atom is 0.142 e. The monoisotopic (exact) mass is 1330 g/mol. The molecule has 0 unspecified atom stereocenters. The van der Waals surface area contributed by atoms with Crippen molar-refractivity contribution in [2.45, 2.75) is 356 Å². The van der Waals surface area contributed by atoms with E-state index >= 15 is 0 Å². The normalized spacial score (nSPS) is 25.0. The lowest BCUT2D eigenvalue weighted by atomic mass is 8.58. The lowest BCUT2D eigenvalue weighted by Crippen LogP contribution is -3.00. The molecule has 8 fully saturated rings. The van der Waals surface area contributed by atoms with Gasteiger partial charge in [0.2, 0.25) is 0 Å². The van der Waals surface area contributed by atoms with Crippen molar-refractivity contribution in [3.05, 3.63) is 12.7 Å². The Kier molecular flexibility index (Phi) is 50.5. The van der Waals surface area contributed by atoms with Gasteiger partial charge in [0, 0.05) is 82.6 Å². The summed E-state index contributed by atoms with van der Waals surface area (Å²) in [6, 6.07) is 0. The highest BCUT2D eigenvalue weighted by Gasteiger charge is 2.53. The number of allylic oxidation sites excluding steroid dienone is 1. The lowest BCUT2D eigenvalue weighted by molar-refractivity contribution is -0.655. The predicted molar refractivity (Wildman–Crippen MR) is 414 cm³/mol. The third-order valence-corrected chi connectivity index (χ3v) is 24.9. The van der Waals surface area contributed by atoms with E-state index in [1.54, 1.807) is 135 Å². The molecule has 0 saturated carbocycles. The van der Waals surface area contributed by atoms with Crippen LogP contribution in [0.1, 0.15) is 247 Å². The van der Waals surface area contributed by atoms with Crippen LogP contribution in [0.2, 0.25) is 109 Å². The highest BCUT2D eigenvalue weighted by atomic mass is 79.9. The van der Waals surface area contributed by atoms with Crippen LogP contribution in [-0.4, -0.2) is 150 Å². The molecule has 2 nitrogen and oxygen atoms in total. The molecule has 8 aliphatic heterocycles. The summed E-state index contributed by atoms with van der Waals surface area (Å²) in [6.07, 6.45) is 58.6. The van der Waals surface area contributed by atoms with E-state index in [0.29, 0.717) is 0 Å². The molecule has 8 aliphatic rings. The predicted octanol–water partition coefficient (Wildman–Crippen LogP) is 13.6. The first kappa shape index (κ1) is 83.3. The van der Waals surface area contributed by atoms with Gasteiger partial charge in [-0.1, -0.05) is 361 Å². The van der Waals surface area contributed by atoms with Gasteiger partial charge in [-0.3, -0.25) is 0 Å². The summed E-state index contributed by atoms with van der Waals surface area (Å²) >= 11 is 6.75. The Labute approximate surface area is 573 Å². The van der Waals surface area contributed by atoms with Crippen molar-refractivity contribution in [1.29, 1.82) is 0 Å². The van der Waals surface area contributed by atoms with E-state index in [4.69, 9.17) is 52.2 Å². The minimum absolute atomic E-state index is 0. The summed E-state index contributed by atoms with van der Waals surface area (Å²) in [5.74, 6) is 8.75. The van der Waals surface area contributed by atoms with Gasteiger partial charge in [0.1, 0.15) is 47.6 Å². The molecular weight excluding hydrogens is 1210 g/mol. The Morgan fingerprint density at radius 1 is 0.471 bits per heavy atom. The highest BCUT2D eigenvalue weighted by Crippen LogP contribution is 2.59. The van der Waals surface area contributed by atoms with E-state index in [2.05, 4.69) is 92.6 Å². The molecule has 0 aliphatic carbocycles. The van der Waals surface area contributed by atoms with Gasteiger partial charge < -0.3 is 28.0 Å². The average Bonchev–Trinajstić information content (AvgIpc) is 2.14. The standard InChI is InChI=1S/C27H52B3N.C19H35B2N.C8H18BBr.C5H9Br.C4H10B.B10.BrH/c1-3-28(4-2)20-5-6-21-31-22-19-27(29-23-11-7-12-24(29)14-8-13-23)30-25-15-9-16-26(30)18-10-17-25;22-14-13-19(20-15-5-1-6-16(20)8-2-7-15)21-17-9-3-10-18(21)12-4-11-17;1-3-9(4-2)7-5-6-8-10;1-2-3-4-5-6;1-3-5-4-2;1-7(2)10(8(3)4)9(5)6;/h23-27,31H,3-22H2,1-2H3;15-19H,1-14,22H2;3-8H2,1-2H3;2H,1,3-5H2;3-4H2,1-2H3;;1H. The Morgan fingerprint density at radius 2 is 0.765 bits per heavy atom. The molecule has 0 aromatic carbocycles. The number of fused-ring (bicyclic) bond motifs is 8. The van der Waals surface area contributed by atoms with Crippen molar-refractivity contribution in [2.24, 2.45) is 5.73 Å². The second kappa shape index (κ2) is 51.5. The molecule has 0 aromatic rings. The number of hydrogen-bond donors (Lipinski definition) is 2. The third-order valence-electron chi connectivity index (χ3n) is 23.8. The SMILES string of the molecule is C=CCCCBr.CCB(CC)CCCCBr.CCB(CC)CCCC[NH2+]CCC(B1C2CCCC1CCC2)B1C2CCCC1CCC2.CC[B]CC.NCCC(B1C2CCCC1CCC2)B1C2CCCC1CCC2.[B]B([B])B(B([B])[B])B([B])[B].[Br-]. The van der Waals surface area contributed by atoms with Gasteiger partial charge in [0.15, 0.2) is 0 Å². The van der Waals surface area contributed by atoms with Crippen molar-refractivity contribution in [2.75, 3.05) is 30.3 Å². The Morgan fingerprint density at radius 3 is 0.976 bits per heavy atom. The van der Waals surface area contributed by atoms with Crippen LogP contribution in [-0.2, 0) is 0 Å². The molecule has 8 rings (SSSR count). The van der Waals surface area contributed by atoms with E-state index in [9.17, 15) is 0 Å². The zero-order valence-electron chi connectivity index (χ0n) is 57.0. The number of rotatable bonds is 30. The second-order valence-electron chi connectivity index (χ2n) is 29.0. The minimum Gasteiger partial charge on any atom is -1.00 e. The zero-order valence-corrected chi connectivity index (χ0v) is 61.7. The summed E-state index contributed by atoms with van der Waals surface area (Å²) in [6.45, 7) is 27.3. The Bertz CT molecular complexity index is 1390. The summed E-state index contributed by atoms with van der Waals surface area (Å²) in [5.41, 5.74) is 8.23. The van der Waals surface area contributed by atoms with Gasteiger partial charge in [-0.25, -0.2) is 0 Å². The van der Waals surface area contributed by atoms with Gasteiger partial charge >= 0.3 is 0 Å². The van der Waals surface area contributed by atoms with Crippen LogP contribution in [0, 0.1) is 0 Å². The van der Waals surface area contributed by atoms with Crippen molar-refractivity contribution >= 4 is 151 Å². The highest BCUT2D eigenvalue weighted by molar-refractivity contribution is 9.09. The topological polar surface area (TPSA) is 42.6 Å². The molecule has 0 aromatic heterocycles. The maximum atomic E-state index is 6.14. The largest absolute Gasteiger partial charge is 1.00 e. The van der Waals surface area contributed by atoms with Crippen LogP contribution >= 0.6 is 31.9 Å². The minimum atomic E-state index is -0.667. The number of hydrogen-bond acceptors (Lipinski definition) is 1. The quantitative estimate of drug-likeness (QED) is 0.0320. The third kappa shape index (κ3) is 30.7. The molecule has 0 atom stereocenters. The summed E-state index contributed by atoms with van der Waals surface area (Å²) in [4.78, 5) is 0. The van der Waals surface area contributed by atoms with Crippen LogP contribution in [0.25, 0.3) is 0 Å². The Balaban J connectivity index is 0.000000396. The molecule has 8 bridgehead atoms. The first-order valence-corrected chi connectivity index (χ1v) is 39.7. The van der Waals surface area contributed by atoms with Crippen LogP contribution in [0.15, 0.2) is 12.7 Å². The molecule has 0 amide bonds. The van der Waals surface area contributed by atoms with Crippen molar-refractivity contribution in [1.82, 2.24) is 0 Å². The fourth-order valence-corrected chi connectivity index (χ4v) is 20.3. The average molecular weight is 1330 g/mol. The molecular formula is C63H125B17Br3N2. The van der Waals surface area contributed by atoms with Crippen LogP contribution in [0.3, 0.4) is 0 Å². The number of halogens is 3. The van der Waals surface area contributed by atoms with Gasteiger partial charge in [-0.05, 0) is 38.6 Å². The summed E-state index contributed by atoms with van der Waals surface area (Å²) in [7, 11) is 34.0. The van der Waals surface area contributed by atoms with Crippen LogP contribution < -0.4 is 28.0 Å². The maximum absolute atomic E-state index is 6.14.